The topological polar surface area (TPSA) is 93.5 Å². The maximum atomic E-state index is 14.4. The summed E-state index contributed by atoms with van der Waals surface area (Å²) in [6, 6.07) is 13.3. The molecule has 1 heterocycles. The minimum Gasteiger partial charge on any atom is -0.481 e. The van der Waals surface area contributed by atoms with Gasteiger partial charge in [0, 0.05) is 11.1 Å². The van der Waals surface area contributed by atoms with E-state index in [1.54, 1.807) is 36.4 Å². The van der Waals surface area contributed by atoms with E-state index in [4.69, 9.17) is 16.3 Å². The Labute approximate surface area is 188 Å². The van der Waals surface area contributed by atoms with Crippen LogP contribution in [0.3, 0.4) is 0 Å². The van der Waals surface area contributed by atoms with E-state index < -0.39 is 23.7 Å². The van der Waals surface area contributed by atoms with Crippen LogP contribution in [0.2, 0.25) is 5.02 Å². The molecule has 1 aliphatic carbocycles. The second kappa shape index (κ2) is 9.40. The van der Waals surface area contributed by atoms with Crippen molar-refractivity contribution in [3.05, 3.63) is 76.7 Å². The van der Waals surface area contributed by atoms with Crippen LogP contribution in [0.15, 0.2) is 54.6 Å². The molecule has 1 fully saturated rings. The van der Waals surface area contributed by atoms with Crippen molar-refractivity contribution in [2.45, 2.75) is 25.3 Å². The SMILES string of the molecule is O=C(O)C[C@H](NC(=O)c1cc(OCC2CC2)n(-c2ccccc2F)n1)c1ccccc1Cl. The van der Waals surface area contributed by atoms with Crippen LogP contribution in [0.5, 0.6) is 5.88 Å². The van der Waals surface area contributed by atoms with Crippen LogP contribution in [0.4, 0.5) is 4.39 Å². The predicted octanol–water partition coefficient (Wildman–Crippen LogP) is 4.40. The van der Waals surface area contributed by atoms with Crippen LogP contribution in [0, 0.1) is 11.7 Å². The second-order valence-electron chi connectivity index (χ2n) is 7.63. The van der Waals surface area contributed by atoms with Crippen LogP contribution in [0.1, 0.15) is 41.4 Å². The molecule has 0 aliphatic heterocycles. The minimum atomic E-state index is -1.10. The number of carboxylic acid groups (broad SMARTS) is 1. The molecule has 166 valence electrons. The van der Waals surface area contributed by atoms with E-state index in [2.05, 4.69) is 10.4 Å². The zero-order valence-corrected chi connectivity index (χ0v) is 17.8. The number of aromatic nitrogens is 2. The van der Waals surface area contributed by atoms with E-state index in [9.17, 15) is 19.1 Å². The first-order chi connectivity index (χ1) is 15.4. The fourth-order valence-electron chi connectivity index (χ4n) is 3.26. The lowest BCUT2D eigenvalue weighted by atomic mass is 10.0. The highest BCUT2D eigenvalue weighted by Gasteiger charge is 2.26. The maximum absolute atomic E-state index is 14.4. The first kappa shape index (κ1) is 21.8. The van der Waals surface area contributed by atoms with Crippen molar-refractivity contribution >= 4 is 23.5 Å². The zero-order valence-electron chi connectivity index (χ0n) is 17.0. The van der Waals surface area contributed by atoms with Gasteiger partial charge in [-0.05, 0) is 42.5 Å². The standard InChI is InChI=1S/C23H21ClFN3O4/c24-16-6-2-1-5-15(16)18(12-22(29)30)26-23(31)19-11-21(32-13-14-9-10-14)28(27-19)20-8-4-3-7-17(20)25/h1-8,11,14,18H,9-10,12-13H2,(H,26,31)(H,29,30)/t18-/m0/s1. The van der Waals surface area contributed by atoms with Gasteiger partial charge in [-0.2, -0.15) is 9.78 Å². The molecule has 0 bridgehead atoms. The highest BCUT2D eigenvalue weighted by atomic mass is 35.5. The summed E-state index contributed by atoms with van der Waals surface area (Å²) in [5.41, 5.74) is 0.593. The lowest BCUT2D eigenvalue weighted by Gasteiger charge is -2.18. The number of nitrogens with zero attached hydrogens (tertiary/aromatic N) is 2. The van der Waals surface area contributed by atoms with E-state index in [0.29, 0.717) is 23.1 Å². The molecule has 1 atom stereocenters. The molecule has 1 amide bonds. The summed E-state index contributed by atoms with van der Waals surface area (Å²) in [7, 11) is 0. The highest BCUT2D eigenvalue weighted by Crippen LogP contribution is 2.31. The molecule has 0 unspecified atom stereocenters. The summed E-state index contributed by atoms with van der Waals surface area (Å²) < 4.78 is 21.5. The lowest BCUT2D eigenvalue weighted by molar-refractivity contribution is -0.137. The lowest BCUT2D eigenvalue weighted by Crippen LogP contribution is -2.30. The van der Waals surface area contributed by atoms with Gasteiger partial charge in [0.2, 0.25) is 5.88 Å². The molecule has 3 aromatic rings. The molecule has 1 aromatic heterocycles. The third-order valence-corrected chi connectivity index (χ3v) is 5.46. The number of hydrogen-bond acceptors (Lipinski definition) is 4. The van der Waals surface area contributed by atoms with Crippen molar-refractivity contribution in [3.8, 4) is 11.6 Å². The quantitative estimate of drug-likeness (QED) is 0.496. The predicted molar refractivity (Wildman–Crippen MR) is 116 cm³/mol. The fourth-order valence-corrected chi connectivity index (χ4v) is 3.53. The van der Waals surface area contributed by atoms with Crippen molar-refractivity contribution in [2.75, 3.05) is 6.61 Å². The summed E-state index contributed by atoms with van der Waals surface area (Å²) in [4.78, 5) is 24.4. The van der Waals surface area contributed by atoms with E-state index in [0.717, 1.165) is 12.8 Å². The van der Waals surface area contributed by atoms with Gasteiger partial charge in [-0.15, -0.1) is 0 Å². The number of halogens is 2. The number of rotatable bonds is 9. The number of nitrogens with one attached hydrogen (secondary N) is 1. The van der Waals surface area contributed by atoms with Gasteiger partial charge in [-0.25, -0.2) is 4.39 Å². The van der Waals surface area contributed by atoms with Crippen LogP contribution < -0.4 is 10.1 Å². The van der Waals surface area contributed by atoms with E-state index in [1.807, 2.05) is 0 Å². The van der Waals surface area contributed by atoms with Crippen LogP contribution in [-0.4, -0.2) is 33.4 Å². The number of amides is 1. The van der Waals surface area contributed by atoms with Crippen molar-refractivity contribution in [2.24, 2.45) is 5.92 Å². The number of carbonyl (C=O) groups excluding carboxylic acids is 1. The Balaban J connectivity index is 1.63. The third kappa shape index (κ3) is 5.08. The molecule has 1 aliphatic rings. The summed E-state index contributed by atoms with van der Waals surface area (Å²) >= 11 is 6.21. The smallest absolute Gasteiger partial charge is 0.305 e. The number of benzene rings is 2. The average molecular weight is 458 g/mol. The molecule has 2 N–H and O–H groups in total. The minimum absolute atomic E-state index is 0.0264. The molecule has 0 spiro atoms. The Hall–Kier alpha value is -3.39. The Kier molecular flexibility index (Phi) is 6.41. The van der Waals surface area contributed by atoms with Gasteiger partial charge in [-0.1, -0.05) is 41.9 Å². The summed E-state index contributed by atoms with van der Waals surface area (Å²) in [6.07, 6.45) is 1.76. The average Bonchev–Trinajstić information content (AvgIpc) is 3.50. The number of carboxylic acids is 1. The fraction of sp³-hybridized carbons (Fsp3) is 0.261. The summed E-state index contributed by atoms with van der Waals surface area (Å²) in [5.74, 6) is -1.56. The molecule has 7 nitrogen and oxygen atoms in total. The van der Waals surface area contributed by atoms with Gasteiger partial charge in [0.15, 0.2) is 5.69 Å². The van der Waals surface area contributed by atoms with Crippen molar-refractivity contribution in [1.29, 1.82) is 0 Å². The van der Waals surface area contributed by atoms with Gasteiger partial charge < -0.3 is 15.2 Å². The van der Waals surface area contributed by atoms with Crippen LogP contribution in [0.25, 0.3) is 5.69 Å². The van der Waals surface area contributed by atoms with Crippen LogP contribution in [-0.2, 0) is 4.79 Å². The van der Waals surface area contributed by atoms with Gasteiger partial charge in [0.05, 0.1) is 19.1 Å². The maximum Gasteiger partial charge on any atom is 0.305 e. The van der Waals surface area contributed by atoms with Crippen LogP contribution >= 0.6 is 11.6 Å². The third-order valence-electron chi connectivity index (χ3n) is 5.12. The van der Waals surface area contributed by atoms with Crippen molar-refractivity contribution < 1.29 is 23.8 Å². The second-order valence-corrected chi connectivity index (χ2v) is 8.04. The van der Waals surface area contributed by atoms with E-state index in [-0.39, 0.29) is 23.7 Å². The zero-order chi connectivity index (χ0) is 22.7. The molecule has 4 rings (SSSR count). The molecular weight excluding hydrogens is 437 g/mol. The Bertz CT molecular complexity index is 1150. The molecule has 0 saturated heterocycles. The Morgan fingerprint density at radius 3 is 2.62 bits per heavy atom. The number of para-hydroxylation sites is 1. The Morgan fingerprint density at radius 2 is 1.94 bits per heavy atom. The summed E-state index contributed by atoms with van der Waals surface area (Å²) in [6.45, 7) is 0.447. The molecule has 32 heavy (non-hydrogen) atoms. The first-order valence-electron chi connectivity index (χ1n) is 10.2. The number of aliphatic carboxylic acids is 1. The Morgan fingerprint density at radius 1 is 1.22 bits per heavy atom. The van der Waals surface area contributed by atoms with Gasteiger partial charge >= 0.3 is 5.97 Å². The molecule has 0 radical (unpaired) electrons. The van der Waals surface area contributed by atoms with Gasteiger partial charge in [0.1, 0.15) is 11.5 Å². The number of ether oxygens (including phenoxy) is 1. The van der Waals surface area contributed by atoms with Crippen molar-refractivity contribution in [3.63, 3.8) is 0 Å². The molecule has 2 aromatic carbocycles. The molecule has 9 heteroatoms. The molecular formula is C23H21ClFN3O4. The molecule has 1 saturated carbocycles. The van der Waals surface area contributed by atoms with Crippen molar-refractivity contribution in [1.82, 2.24) is 15.1 Å². The number of carbonyl (C=O) groups is 2. The van der Waals surface area contributed by atoms with E-state index in [1.165, 1.54) is 22.9 Å². The summed E-state index contributed by atoms with van der Waals surface area (Å²) in [5, 5.41) is 16.6. The highest BCUT2D eigenvalue weighted by molar-refractivity contribution is 6.31. The largest absolute Gasteiger partial charge is 0.481 e. The monoisotopic (exact) mass is 457 g/mol. The van der Waals surface area contributed by atoms with E-state index >= 15 is 0 Å². The first-order valence-corrected chi connectivity index (χ1v) is 10.5. The number of hydrogen-bond donors (Lipinski definition) is 2. The normalized spacial score (nSPS) is 14.1. The van der Waals surface area contributed by atoms with Gasteiger partial charge in [-0.3, -0.25) is 9.59 Å². The van der Waals surface area contributed by atoms with Gasteiger partial charge in [0.25, 0.3) is 5.91 Å².